The lowest BCUT2D eigenvalue weighted by Crippen LogP contribution is -2.37. The predicted molar refractivity (Wildman–Crippen MR) is 71.5 cm³/mol. The van der Waals surface area contributed by atoms with Crippen LogP contribution in [0.3, 0.4) is 0 Å². The summed E-state index contributed by atoms with van der Waals surface area (Å²) in [4.78, 5) is 0. The zero-order chi connectivity index (χ0) is 16.8. The van der Waals surface area contributed by atoms with Crippen LogP contribution in [-0.2, 0) is 13.2 Å². The lowest BCUT2D eigenvalue weighted by molar-refractivity contribution is -0.602. The van der Waals surface area contributed by atoms with Crippen LogP contribution in [0.25, 0.3) is 11.4 Å². The summed E-state index contributed by atoms with van der Waals surface area (Å²) in [6.45, 7) is 4.13. The molecule has 0 aliphatic carbocycles. The van der Waals surface area contributed by atoms with Crippen molar-refractivity contribution in [2.75, 3.05) is 0 Å². The van der Waals surface area contributed by atoms with E-state index in [1.807, 2.05) is 6.07 Å². The lowest BCUT2D eigenvalue weighted by atomic mass is 10.0. The van der Waals surface area contributed by atoms with E-state index in [0.717, 1.165) is 13.0 Å². The third-order valence-electron chi connectivity index (χ3n) is 3.55. The maximum absolute atomic E-state index is 12.9. The van der Waals surface area contributed by atoms with Gasteiger partial charge in [-0.2, -0.15) is 28.3 Å². The second-order valence-electron chi connectivity index (χ2n) is 5.02. The molecule has 116 valence electrons. The highest BCUT2D eigenvalue weighted by atomic mass is 19.4. The Hall–Kier alpha value is -2.56. The van der Waals surface area contributed by atoms with E-state index in [-0.39, 0.29) is 27.4 Å². The minimum absolute atomic E-state index is 0.0279. The Morgan fingerprint density at radius 3 is 2.36 bits per heavy atom. The van der Waals surface area contributed by atoms with Crippen molar-refractivity contribution < 1.29 is 17.9 Å². The van der Waals surface area contributed by atoms with E-state index < -0.39 is 17.4 Å². The molecule has 0 amide bonds. The molecule has 2 aromatic rings. The summed E-state index contributed by atoms with van der Waals surface area (Å²) in [5.41, 5.74) is -0.319. The molecular formula is C14H13F3N4O. The van der Waals surface area contributed by atoms with E-state index in [1.165, 1.54) is 18.7 Å². The van der Waals surface area contributed by atoms with Gasteiger partial charge in [0.15, 0.2) is 5.69 Å². The molecule has 0 unspecified atom stereocenters. The number of aryl methyl sites for hydroxylation is 2. The SMILES string of the molecule is Cc1cc(C(F)(F)F)c(C)[n+]([O-])c1-c1nn(C)c(C#N)c1C. The summed E-state index contributed by atoms with van der Waals surface area (Å²) in [6.07, 6.45) is -4.60. The van der Waals surface area contributed by atoms with Gasteiger partial charge in [-0.05, 0) is 19.9 Å². The highest BCUT2D eigenvalue weighted by Gasteiger charge is 2.38. The zero-order valence-electron chi connectivity index (χ0n) is 12.4. The molecule has 2 aromatic heterocycles. The molecule has 0 spiro atoms. The van der Waals surface area contributed by atoms with E-state index in [9.17, 15) is 18.4 Å². The Morgan fingerprint density at radius 1 is 1.32 bits per heavy atom. The van der Waals surface area contributed by atoms with E-state index in [4.69, 9.17) is 5.26 Å². The normalized spacial score (nSPS) is 11.5. The van der Waals surface area contributed by atoms with Crippen LogP contribution in [0.4, 0.5) is 13.2 Å². The second-order valence-corrected chi connectivity index (χ2v) is 5.02. The van der Waals surface area contributed by atoms with Crippen molar-refractivity contribution in [2.45, 2.75) is 26.9 Å². The molecule has 0 saturated heterocycles. The van der Waals surface area contributed by atoms with Gasteiger partial charge in [0.25, 0.3) is 0 Å². The average Bonchev–Trinajstić information content (AvgIpc) is 2.68. The van der Waals surface area contributed by atoms with E-state index in [1.54, 1.807) is 6.92 Å². The first-order valence-electron chi connectivity index (χ1n) is 6.34. The first-order chi connectivity index (χ1) is 10.1. The third-order valence-corrected chi connectivity index (χ3v) is 3.55. The predicted octanol–water partition coefficient (Wildman–Crippen LogP) is 2.54. The smallest absolute Gasteiger partial charge is 0.422 e. The van der Waals surface area contributed by atoms with Crippen LogP contribution in [0.2, 0.25) is 0 Å². The Kier molecular flexibility index (Phi) is 3.61. The lowest BCUT2D eigenvalue weighted by Gasteiger charge is -2.14. The average molecular weight is 310 g/mol. The first kappa shape index (κ1) is 15.8. The van der Waals surface area contributed by atoms with Gasteiger partial charge in [-0.25, -0.2) is 0 Å². The van der Waals surface area contributed by atoms with Crippen LogP contribution >= 0.6 is 0 Å². The number of aromatic nitrogens is 3. The van der Waals surface area contributed by atoms with E-state index in [0.29, 0.717) is 5.56 Å². The molecule has 2 rings (SSSR count). The fourth-order valence-electron chi connectivity index (χ4n) is 2.41. The van der Waals surface area contributed by atoms with Crippen molar-refractivity contribution in [3.05, 3.63) is 39.4 Å². The van der Waals surface area contributed by atoms with Gasteiger partial charge in [0.05, 0.1) is 0 Å². The van der Waals surface area contributed by atoms with Crippen LogP contribution in [0.15, 0.2) is 6.07 Å². The molecule has 0 bridgehead atoms. The molecule has 5 nitrogen and oxygen atoms in total. The minimum Gasteiger partial charge on any atom is -0.618 e. The number of hydrogen-bond acceptors (Lipinski definition) is 3. The molecule has 0 aliphatic rings. The monoisotopic (exact) mass is 310 g/mol. The Balaban J connectivity index is 2.80. The summed E-state index contributed by atoms with van der Waals surface area (Å²) in [6, 6.07) is 2.88. The number of pyridine rings is 1. The van der Waals surface area contributed by atoms with Gasteiger partial charge in [0, 0.05) is 25.1 Å². The van der Waals surface area contributed by atoms with Crippen LogP contribution < -0.4 is 4.73 Å². The summed E-state index contributed by atoms with van der Waals surface area (Å²) in [7, 11) is 1.54. The molecular weight excluding hydrogens is 297 g/mol. The Bertz CT molecular complexity index is 800. The summed E-state index contributed by atoms with van der Waals surface area (Å²) >= 11 is 0. The number of hydrogen-bond donors (Lipinski definition) is 0. The zero-order valence-corrected chi connectivity index (χ0v) is 12.4. The fourth-order valence-corrected chi connectivity index (χ4v) is 2.41. The van der Waals surface area contributed by atoms with Crippen LogP contribution in [0, 0.1) is 37.3 Å². The van der Waals surface area contributed by atoms with Crippen LogP contribution in [0.5, 0.6) is 0 Å². The molecule has 0 saturated carbocycles. The highest BCUT2D eigenvalue weighted by molar-refractivity contribution is 5.63. The van der Waals surface area contributed by atoms with Crippen molar-refractivity contribution in [1.82, 2.24) is 9.78 Å². The second kappa shape index (κ2) is 5.02. The Morgan fingerprint density at radius 2 is 1.91 bits per heavy atom. The largest absolute Gasteiger partial charge is 0.618 e. The van der Waals surface area contributed by atoms with E-state index in [2.05, 4.69) is 5.10 Å². The Labute approximate surface area is 124 Å². The maximum atomic E-state index is 12.9. The molecule has 22 heavy (non-hydrogen) atoms. The summed E-state index contributed by atoms with van der Waals surface area (Å²) in [5, 5.41) is 25.5. The highest BCUT2D eigenvalue weighted by Crippen LogP contribution is 2.34. The number of rotatable bonds is 1. The van der Waals surface area contributed by atoms with Gasteiger partial charge in [0.1, 0.15) is 17.3 Å². The van der Waals surface area contributed by atoms with Gasteiger partial charge in [-0.15, -0.1) is 0 Å². The molecule has 0 N–H and O–H groups in total. The molecule has 0 radical (unpaired) electrons. The standard InChI is InChI=1S/C14H13F3N4O/c1-7-5-10(14(15,16)17)9(3)21(22)13(7)12-8(2)11(6-18)20(4)19-12/h5H,1-4H3. The fraction of sp³-hybridized carbons (Fsp3) is 0.357. The summed E-state index contributed by atoms with van der Waals surface area (Å²) in [5.74, 6) is 0. The van der Waals surface area contributed by atoms with E-state index >= 15 is 0 Å². The number of alkyl halides is 3. The number of halogens is 3. The van der Waals surface area contributed by atoms with Crippen LogP contribution in [-0.4, -0.2) is 9.78 Å². The van der Waals surface area contributed by atoms with Gasteiger partial charge in [0.2, 0.25) is 11.4 Å². The molecule has 0 atom stereocenters. The molecule has 0 aliphatic heterocycles. The molecule has 2 heterocycles. The number of nitriles is 1. The van der Waals surface area contributed by atoms with Crippen molar-refractivity contribution >= 4 is 0 Å². The third kappa shape index (κ3) is 2.28. The maximum Gasteiger partial charge on any atom is 0.422 e. The molecule has 0 aromatic carbocycles. The van der Waals surface area contributed by atoms with Crippen molar-refractivity contribution in [1.29, 1.82) is 5.26 Å². The molecule has 0 fully saturated rings. The van der Waals surface area contributed by atoms with Gasteiger partial charge >= 0.3 is 6.18 Å². The number of nitrogens with zero attached hydrogens (tertiary/aromatic N) is 4. The van der Waals surface area contributed by atoms with Crippen molar-refractivity contribution in [3.8, 4) is 17.5 Å². The molecule has 8 heteroatoms. The van der Waals surface area contributed by atoms with Crippen LogP contribution in [0.1, 0.15) is 28.1 Å². The minimum atomic E-state index is -4.60. The summed E-state index contributed by atoms with van der Waals surface area (Å²) < 4.78 is 40.3. The van der Waals surface area contributed by atoms with Crippen molar-refractivity contribution in [2.24, 2.45) is 7.05 Å². The van der Waals surface area contributed by atoms with Gasteiger partial charge < -0.3 is 5.21 Å². The van der Waals surface area contributed by atoms with Gasteiger partial charge in [-0.3, -0.25) is 4.68 Å². The quantitative estimate of drug-likeness (QED) is 0.600. The topological polar surface area (TPSA) is 68.5 Å². The van der Waals surface area contributed by atoms with Gasteiger partial charge in [-0.1, -0.05) is 0 Å². The van der Waals surface area contributed by atoms with Crippen molar-refractivity contribution in [3.63, 3.8) is 0 Å². The first-order valence-corrected chi connectivity index (χ1v) is 6.34.